The number of hydrogen-bond donors (Lipinski definition) is 3. The first-order valence-electron chi connectivity index (χ1n) is 7.30. The summed E-state index contributed by atoms with van der Waals surface area (Å²) < 4.78 is 0. The number of hydrogen-bond acceptors (Lipinski definition) is 6. The molecule has 2 rings (SSSR count). The zero-order valence-electron chi connectivity index (χ0n) is 13.3. The van der Waals surface area contributed by atoms with Crippen LogP contribution in [0.1, 0.15) is 17.8 Å². The minimum atomic E-state index is -1.26. The van der Waals surface area contributed by atoms with Crippen molar-refractivity contribution in [3.05, 3.63) is 29.7 Å². The smallest absolute Gasteiger partial charge is 0.328 e. The van der Waals surface area contributed by atoms with Crippen LogP contribution in [0, 0.1) is 13.8 Å². The fourth-order valence-electron chi connectivity index (χ4n) is 2.02. The van der Waals surface area contributed by atoms with Crippen LogP contribution in [-0.4, -0.2) is 58.3 Å². The van der Waals surface area contributed by atoms with Crippen LogP contribution in [0.3, 0.4) is 0 Å². The summed E-state index contributed by atoms with van der Waals surface area (Å²) in [6.07, 6.45) is 4.12. The first-order chi connectivity index (χ1) is 10.9. The number of anilines is 1. The van der Waals surface area contributed by atoms with E-state index in [0.29, 0.717) is 12.2 Å². The largest absolute Gasteiger partial charge is 0.478 e. The van der Waals surface area contributed by atoms with E-state index < -0.39 is 11.9 Å². The number of rotatable bonds is 3. The topological polar surface area (TPSA) is 116 Å². The first kappa shape index (κ1) is 18.6. The summed E-state index contributed by atoms with van der Waals surface area (Å²) in [5.41, 5.74) is 2.02. The van der Waals surface area contributed by atoms with Crippen molar-refractivity contribution >= 4 is 17.8 Å². The third-order valence-electron chi connectivity index (χ3n) is 3.06. The van der Waals surface area contributed by atoms with E-state index in [9.17, 15) is 9.59 Å². The molecule has 126 valence electrons. The molecule has 8 nitrogen and oxygen atoms in total. The number of carbonyl (C=O) groups is 2. The van der Waals surface area contributed by atoms with Gasteiger partial charge in [0.1, 0.15) is 5.82 Å². The highest BCUT2D eigenvalue weighted by molar-refractivity contribution is 5.89. The van der Waals surface area contributed by atoms with Gasteiger partial charge in [-0.05, 0) is 26.8 Å². The predicted octanol–water partition coefficient (Wildman–Crippen LogP) is 0.605. The number of nitrogens with zero attached hydrogens (tertiary/aromatic N) is 3. The fraction of sp³-hybridized carbons (Fsp3) is 0.467. The first-order valence-corrected chi connectivity index (χ1v) is 7.30. The minimum absolute atomic E-state index is 0.558. The minimum Gasteiger partial charge on any atom is -0.478 e. The molecular weight excluding hydrogens is 300 g/mol. The van der Waals surface area contributed by atoms with Gasteiger partial charge in [0.2, 0.25) is 0 Å². The van der Waals surface area contributed by atoms with E-state index in [4.69, 9.17) is 10.2 Å². The van der Waals surface area contributed by atoms with Crippen molar-refractivity contribution in [3.63, 3.8) is 0 Å². The maximum absolute atomic E-state index is 9.55. The van der Waals surface area contributed by atoms with Crippen LogP contribution in [0.4, 0.5) is 5.82 Å². The van der Waals surface area contributed by atoms with Crippen molar-refractivity contribution in [2.75, 3.05) is 31.1 Å². The summed E-state index contributed by atoms with van der Waals surface area (Å²) in [6, 6.07) is 0. The number of carboxylic acid groups (broad SMARTS) is 2. The van der Waals surface area contributed by atoms with Gasteiger partial charge < -0.3 is 20.4 Å². The maximum atomic E-state index is 9.55. The van der Waals surface area contributed by atoms with Crippen molar-refractivity contribution in [3.8, 4) is 0 Å². The number of aromatic nitrogens is 2. The lowest BCUT2D eigenvalue weighted by Gasteiger charge is -2.22. The molecule has 0 atom stereocenters. The van der Waals surface area contributed by atoms with Gasteiger partial charge in [-0.25, -0.2) is 14.6 Å². The highest BCUT2D eigenvalue weighted by atomic mass is 16.4. The lowest BCUT2D eigenvalue weighted by Crippen LogP contribution is -2.29. The molecule has 1 aromatic rings. The van der Waals surface area contributed by atoms with Gasteiger partial charge in [0.25, 0.3) is 0 Å². The van der Waals surface area contributed by atoms with Gasteiger partial charge in [-0.2, -0.15) is 0 Å². The second kappa shape index (κ2) is 9.52. The Labute approximate surface area is 134 Å². The average Bonchev–Trinajstić information content (AvgIpc) is 2.77. The summed E-state index contributed by atoms with van der Waals surface area (Å²) >= 11 is 0. The zero-order valence-corrected chi connectivity index (χ0v) is 13.3. The number of carboxylic acids is 2. The van der Waals surface area contributed by atoms with Gasteiger partial charge in [-0.1, -0.05) is 0 Å². The van der Waals surface area contributed by atoms with E-state index in [1.54, 1.807) is 0 Å². The molecule has 0 aromatic carbocycles. The van der Waals surface area contributed by atoms with Crippen molar-refractivity contribution in [2.45, 2.75) is 20.3 Å². The molecule has 0 spiro atoms. The Morgan fingerprint density at radius 1 is 1.17 bits per heavy atom. The summed E-state index contributed by atoms with van der Waals surface area (Å²) in [4.78, 5) is 30.4. The van der Waals surface area contributed by atoms with E-state index >= 15 is 0 Å². The van der Waals surface area contributed by atoms with E-state index in [0.717, 1.165) is 43.4 Å². The quantitative estimate of drug-likeness (QED) is 0.693. The molecular formula is C15H22N4O4. The normalized spacial score (nSPS) is 14.8. The van der Waals surface area contributed by atoms with E-state index in [1.165, 1.54) is 6.42 Å². The lowest BCUT2D eigenvalue weighted by molar-refractivity contribution is -0.134. The Balaban J connectivity index is 0.000000284. The highest BCUT2D eigenvalue weighted by Crippen LogP contribution is 2.15. The van der Waals surface area contributed by atoms with Crippen LogP contribution in [0.25, 0.3) is 0 Å². The Kier molecular flexibility index (Phi) is 7.69. The summed E-state index contributed by atoms with van der Waals surface area (Å²) in [7, 11) is 0. The number of aliphatic carboxylic acids is 2. The molecule has 23 heavy (non-hydrogen) atoms. The Hall–Kier alpha value is -2.48. The molecule has 1 aromatic heterocycles. The zero-order chi connectivity index (χ0) is 17.2. The van der Waals surface area contributed by atoms with Crippen LogP contribution >= 0.6 is 0 Å². The van der Waals surface area contributed by atoms with Gasteiger partial charge >= 0.3 is 11.9 Å². The summed E-state index contributed by atoms with van der Waals surface area (Å²) in [5.74, 6) is -1.46. The molecule has 0 aliphatic carbocycles. The molecule has 2 heterocycles. The monoisotopic (exact) mass is 322 g/mol. The third-order valence-corrected chi connectivity index (χ3v) is 3.06. The Morgan fingerprint density at radius 2 is 1.83 bits per heavy atom. The van der Waals surface area contributed by atoms with E-state index in [2.05, 4.69) is 20.2 Å². The Bertz CT molecular complexity index is 551. The molecule has 0 saturated carbocycles. The van der Waals surface area contributed by atoms with Crippen LogP contribution in [0.15, 0.2) is 18.3 Å². The van der Waals surface area contributed by atoms with E-state index in [-0.39, 0.29) is 0 Å². The van der Waals surface area contributed by atoms with Crippen molar-refractivity contribution in [1.29, 1.82) is 0 Å². The SMILES string of the molecule is Cc1cnc(C)c(N2CCCNCC2)n1.O=C(O)/C=C/C(=O)O. The van der Waals surface area contributed by atoms with Crippen LogP contribution in [0.5, 0.6) is 0 Å². The van der Waals surface area contributed by atoms with E-state index in [1.807, 2.05) is 20.0 Å². The molecule has 1 fully saturated rings. The number of aryl methyl sites for hydroxylation is 2. The molecule has 8 heteroatoms. The van der Waals surface area contributed by atoms with Gasteiger partial charge in [0.05, 0.1) is 11.4 Å². The van der Waals surface area contributed by atoms with Gasteiger partial charge in [-0.15, -0.1) is 0 Å². The molecule has 1 saturated heterocycles. The van der Waals surface area contributed by atoms with Gasteiger partial charge in [-0.3, -0.25) is 4.98 Å². The lowest BCUT2D eigenvalue weighted by atomic mass is 10.3. The van der Waals surface area contributed by atoms with Crippen molar-refractivity contribution in [2.24, 2.45) is 0 Å². The molecule has 0 unspecified atom stereocenters. The second-order valence-electron chi connectivity index (χ2n) is 5.02. The van der Waals surface area contributed by atoms with Gasteiger partial charge in [0, 0.05) is 38.0 Å². The second-order valence-corrected chi connectivity index (χ2v) is 5.02. The van der Waals surface area contributed by atoms with Gasteiger partial charge in [0.15, 0.2) is 0 Å². The fourth-order valence-corrected chi connectivity index (χ4v) is 2.02. The molecule has 1 aliphatic rings. The van der Waals surface area contributed by atoms with Crippen LogP contribution in [0.2, 0.25) is 0 Å². The molecule has 0 radical (unpaired) electrons. The van der Waals surface area contributed by atoms with Crippen molar-refractivity contribution in [1.82, 2.24) is 15.3 Å². The standard InChI is InChI=1S/C11H18N4.C4H4O4/c1-9-8-13-10(2)11(14-9)15-6-3-4-12-5-7-15;5-3(6)1-2-4(7)8/h8,12H,3-7H2,1-2H3;1-2H,(H,5,6)(H,7,8)/b;2-1+. The number of nitrogens with one attached hydrogen (secondary N) is 1. The third kappa shape index (κ3) is 7.37. The maximum Gasteiger partial charge on any atom is 0.328 e. The van der Waals surface area contributed by atoms with Crippen molar-refractivity contribution < 1.29 is 19.8 Å². The predicted molar refractivity (Wildman–Crippen MR) is 85.6 cm³/mol. The average molecular weight is 322 g/mol. The van der Waals surface area contributed by atoms with Crippen LogP contribution in [-0.2, 0) is 9.59 Å². The summed E-state index contributed by atoms with van der Waals surface area (Å²) in [6.45, 7) is 8.26. The van der Waals surface area contributed by atoms with Crippen LogP contribution < -0.4 is 10.2 Å². The molecule has 0 amide bonds. The Morgan fingerprint density at radius 3 is 2.43 bits per heavy atom. The molecule has 0 bridgehead atoms. The highest BCUT2D eigenvalue weighted by Gasteiger charge is 2.13. The summed E-state index contributed by atoms with van der Waals surface area (Å²) in [5, 5.41) is 19.0. The molecule has 3 N–H and O–H groups in total. The molecule has 1 aliphatic heterocycles.